The van der Waals surface area contributed by atoms with E-state index in [0.717, 1.165) is 10.8 Å². The predicted octanol–water partition coefficient (Wildman–Crippen LogP) is 1.41. The van der Waals surface area contributed by atoms with Crippen LogP contribution in [0.2, 0.25) is 0 Å². The molecule has 166 valence electrons. The zero-order valence-electron chi connectivity index (χ0n) is 15.9. The summed E-state index contributed by atoms with van der Waals surface area (Å²) in [5.74, 6) is -3.10. The standard InChI is InChI=1S/C17H20F3N3O6S/c1-8(2)3-4-22(15(28)17(18,19)20)5-9-6-23(16(30)21-13(9)27)14-12(26)11(25)10(7-24)29-14/h3,6,12,14,24-26H,4-5,7H2,1-2H3,(H,21,27,30)/t12?,14-/m1/s1. The topological polar surface area (TPSA) is 128 Å². The van der Waals surface area contributed by atoms with Crippen LogP contribution >= 0.6 is 12.2 Å². The van der Waals surface area contributed by atoms with Crippen molar-refractivity contribution in [1.82, 2.24) is 14.5 Å². The van der Waals surface area contributed by atoms with E-state index in [1.807, 2.05) is 0 Å². The molecule has 1 aromatic heterocycles. The van der Waals surface area contributed by atoms with Gasteiger partial charge in [-0.3, -0.25) is 19.1 Å². The summed E-state index contributed by atoms with van der Waals surface area (Å²) in [7, 11) is 0. The summed E-state index contributed by atoms with van der Waals surface area (Å²) in [5.41, 5.74) is -0.433. The van der Waals surface area contributed by atoms with E-state index in [4.69, 9.17) is 22.1 Å². The minimum Gasteiger partial charge on any atom is -0.506 e. The maximum Gasteiger partial charge on any atom is 0.471 e. The summed E-state index contributed by atoms with van der Waals surface area (Å²) in [6, 6.07) is 0. The summed E-state index contributed by atoms with van der Waals surface area (Å²) >= 11 is 5.00. The van der Waals surface area contributed by atoms with Gasteiger partial charge in [0.25, 0.3) is 5.56 Å². The number of carbonyl (C=O) groups excluding carboxylic acids is 1. The van der Waals surface area contributed by atoms with Crippen LogP contribution < -0.4 is 5.56 Å². The molecule has 2 rings (SSSR count). The number of rotatable bonds is 6. The molecule has 0 saturated heterocycles. The SMILES string of the molecule is CC(C)=CCN(Cc1cn([C@@H]2OC(CO)=C(O)C2O)c(=S)[nH]c1=O)C(=O)C(F)(F)F. The van der Waals surface area contributed by atoms with Crippen LogP contribution in [0.5, 0.6) is 0 Å². The summed E-state index contributed by atoms with van der Waals surface area (Å²) in [5, 5.41) is 29.0. The fourth-order valence-electron chi connectivity index (χ4n) is 2.62. The molecule has 1 aliphatic rings. The summed E-state index contributed by atoms with van der Waals surface area (Å²) < 4.78 is 44.9. The van der Waals surface area contributed by atoms with Crippen molar-refractivity contribution in [2.24, 2.45) is 0 Å². The summed E-state index contributed by atoms with van der Waals surface area (Å²) in [4.78, 5) is 26.7. The molecule has 0 aliphatic carbocycles. The highest BCUT2D eigenvalue weighted by Crippen LogP contribution is 2.31. The fraction of sp³-hybridized carbons (Fsp3) is 0.471. The third-order valence-electron chi connectivity index (χ3n) is 4.17. The van der Waals surface area contributed by atoms with Gasteiger partial charge < -0.3 is 25.0 Å². The molecular formula is C17H20F3N3O6S. The maximum atomic E-state index is 13.0. The van der Waals surface area contributed by atoms with Gasteiger partial charge in [0.15, 0.2) is 22.4 Å². The first-order valence-corrected chi connectivity index (χ1v) is 8.99. The van der Waals surface area contributed by atoms with E-state index in [2.05, 4.69) is 4.98 Å². The molecule has 0 fully saturated rings. The van der Waals surface area contributed by atoms with Gasteiger partial charge in [-0.25, -0.2) is 0 Å². The van der Waals surface area contributed by atoms with Crippen molar-refractivity contribution >= 4 is 18.1 Å². The van der Waals surface area contributed by atoms with Crippen molar-refractivity contribution in [3.8, 4) is 0 Å². The Balaban J connectivity index is 2.43. The third kappa shape index (κ3) is 5.09. The van der Waals surface area contributed by atoms with Gasteiger partial charge in [-0.2, -0.15) is 13.2 Å². The van der Waals surface area contributed by atoms with Crippen LogP contribution in [0.25, 0.3) is 0 Å². The van der Waals surface area contributed by atoms with Gasteiger partial charge in [0.2, 0.25) is 6.23 Å². The predicted molar refractivity (Wildman–Crippen MR) is 99.7 cm³/mol. The van der Waals surface area contributed by atoms with Crippen molar-refractivity contribution in [3.63, 3.8) is 0 Å². The second-order valence-electron chi connectivity index (χ2n) is 6.71. The molecule has 30 heavy (non-hydrogen) atoms. The van der Waals surface area contributed by atoms with Gasteiger partial charge in [0, 0.05) is 12.7 Å². The van der Waals surface area contributed by atoms with Crippen LogP contribution in [-0.4, -0.2) is 61.1 Å². The maximum absolute atomic E-state index is 13.0. The molecule has 1 amide bonds. The highest BCUT2D eigenvalue weighted by atomic mass is 32.1. The van der Waals surface area contributed by atoms with Crippen LogP contribution in [0.4, 0.5) is 13.2 Å². The van der Waals surface area contributed by atoms with E-state index in [0.29, 0.717) is 10.5 Å². The average Bonchev–Trinajstić information content (AvgIpc) is 2.93. The molecule has 2 atom stereocenters. The molecule has 2 heterocycles. The molecule has 0 bridgehead atoms. The highest BCUT2D eigenvalue weighted by molar-refractivity contribution is 7.71. The third-order valence-corrected chi connectivity index (χ3v) is 4.48. The Morgan fingerprint density at radius 3 is 2.57 bits per heavy atom. The molecular weight excluding hydrogens is 431 g/mol. The largest absolute Gasteiger partial charge is 0.506 e. The summed E-state index contributed by atoms with van der Waals surface area (Å²) in [6.07, 6.45) is -5.74. The van der Waals surface area contributed by atoms with Gasteiger partial charge >= 0.3 is 12.1 Å². The number of nitrogens with one attached hydrogen (secondary N) is 1. The Kier molecular flexibility index (Phi) is 7.10. The Hall–Kier alpha value is -2.64. The minimum atomic E-state index is -5.15. The number of aromatic amines is 1. The minimum absolute atomic E-state index is 0.252. The lowest BCUT2D eigenvalue weighted by Gasteiger charge is -2.24. The van der Waals surface area contributed by atoms with Crippen molar-refractivity contribution in [2.45, 2.75) is 38.9 Å². The number of aliphatic hydroxyl groups is 3. The lowest BCUT2D eigenvalue weighted by atomic mass is 10.2. The highest BCUT2D eigenvalue weighted by Gasteiger charge is 2.42. The number of ether oxygens (including phenoxy) is 1. The Bertz CT molecular complexity index is 994. The first-order valence-electron chi connectivity index (χ1n) is 8.58. The number of aromatic nitrogens is 2. The van der Waals surface area contributed by atoms with Crippen LogP contribution in [-0.2, 0) is 16.1 Å². The van der Waals surface area contributed by atoms with E-state index in [1.165, 1.54) is 6.08 Å². The average molecular weight is 451 g/mol. The Morgan fingerprint density at radius 1 is 1.43 bits per heavy atom. The van der Waals surface area contributed by atoms with Crippen LogP contribution in [0.3, 0.4) is 0 Å². The molecule has 1 aliphatic heterocycles. The number of aliphatic hydroxyl groups excluding tert-OH is 3. The summed E-state index contributed by atoms with van der Waals surface area (Å²) in [6.45, 7) is 1.46. The van der Waals surface area contributed by atoms with Crippen LogP contribution in [0.15, 0.2) is 34.2 Å². The van der Waals surface area contributed by atoms with Crippen LogP contribution in [0, 0.1) is 4.77 Å². The molecule has 4 N–H and O–H groups in total. The number of nitrogens with zero attached hydrogens (tertiary/aromatic N) is 2. The molecule has 0 radical (unpaired) electrons. The number of alkyl halides is 3. The van der Waals surface area contributed by atoms with E-state index in [9.17, 15) is 33.0 Å². The smallest absolute Gasteiger partial charge is 0.471 e. The van der Waals surface area contributed by atoms with Gasteiger partial charge in [-0.05, 0) is 26.1 Å². The van der Waals surface area contributed by atoms with Gasteiger partial charge in [-0.15, -0.1) is 0 Å². The van der Waals surface area contributed by atoms with E-state index in [-0.39, 0.29) is 16.1 Å². The first-order chi connectivity index (χ1) is 13.9. The number of halogens is 3. The monoisotopic (exact) mass is 451 g/mol. The first kappa shape index (κ1) is 23.6. The molecule has 13 heteroatoms. The number of H-pyrrole nitrogens is 1. The number of hydrogen-bond donors (Lipinski definition) is 4. The molecule has 0 aromatic carbocycles. The van der Waals surface area contributed by atoms with Crippen molar-refractivity contribution in [1.29, 1.82) is 0 Å². The van der Waals surface area contributed by atoms with Crippen molar-refractivity contribution in [2.75, 3.05) is 13.2 Å². The zero-order chi connectivity index (χ0) is 22.8. The second-order valence-corrected chi connectivity index (χ2v) is 7.09. The number of hydrogen-bond acceptors (Lipinski definition) is 7. The van der Waals surface area contributed by atoms with Crippen molar-refractivity contribution in [3.05, 3.63) is 50.1 Å². The Morgan fingerprint density at radius 2 is 2.07 bits per heavy atom. The molecule has 1 aromatic rings. The molecule has 9 nitrogen and oxygen atoms in total. The molecule has 0 saturated carbocycles. The van der Waals surface area contributed by atoms with E-state index < -0.39 is 55.4 Å². The van der Waals surface area contributed by atoms with Gasteiger partial charge in [0.1, 0.15) is 6.61 Å². The van der Waals surface area contributed by atoms with E-state index in [1.54, 1.807) is 13.8 Å². The Labute approximate surface area is 173 Å². The normalized spacial score (nSPS) is 18.9. The van der Waals surface area contributed by atoms with Gasteiger partial charge in [-0.1, -0.05) is 11.6 Å². The van der Waals surface area contributed by atoms with E-state index >= 15 is 0 Å². The number of amides is 1. The molecule has 0 spiro atoms. The fourth-order valence-corrected chi connectivity index (χ4v) is 2.87. The zero-order valence-corrected chi connectivity index (χ0v) is 16.8. The molecule has 1 unspecified atom stereocenters. The number of carbonyl (C=O) groups is 1. The van der Waals surface area contributed by atoms with Gasteiger partial charge in [0.05, 0.1) is 12.1 Å². The lowest BCUT2D eigenvalue weighted by molar-refractivity contribution is -0.185. The lowest BCUT2D eigenvalue weighted by Crippen LogP contribution is -2.42. The van der Waals surface area contributed by atoms with Crippen molar-refractivity contribution < 1.29 is 38.0 Å². The quantitative estimate of drug-likeness (QED) is 0.380. The number of allylic oxidation sites excluding steroid dienone is 1. The van der Waals surface area contributed by atoms with Crippen LogP contribution in [0.1, 0.15) is 25.6 Å². The second kappa shape index (κ2) is 9.02.